The van der Waals surface area contributed by atoms with Crippen molar-refractivity contribution in [3.05, 3.63) is 58.6 Å². The van der Waals surface area contributed by atoms with E-state index in [1.807, 2.05) is 6.07 Å². The van der Waals surface area contributed by atoms with E-state index in [1.54, 1.807) is 42.5 Å². The molecule has 0 radical (unpaired) electrons. The smallest absolute Gasteiger partial charge is 0.247 e. The van der Waals surface area contributed by atoms with Crippen LogP contribution in [0, 0.1) is 0 Å². The number of halogens is 2. The molecule has 5 nitrogen and oxygen atoms in total. The minimum Gasteiger partial charge on any atom is -0.325 e. The first-order valence-electron chi connectivity index (χ1n) is 7.74. The number of benzene rings is 2. The van der Waals surface area contributed by atoms with Crippen LogP contribution >= 0.6 is 35.0 Å². The summed E-state index contributed by atoms with van der Waals surface area (Å²) in [4.78, 5) is 37.9. The van der Waals surface area contributed by atoms with Crippen molar-refractivity contribution in [2.75, 3.05) is 16.0 Å². The van der Waals surface area contributed by atoms with Gasteiger partial charge in [-0.25, -0.2) is 4.90 Å². The van der Waals surface area contributed by atoms with Gasteiger partial charge < -0.3 is 5.32 Å². The second-order valence-electron chi connectivity index (χ2n) is 5.58. The Morgan fingerprint density at radius 3 is 2.54 bits per heavy atom. The molecule has 0 aromatic heterocycles. The van der Waals surface area contributed by atoms with Crippen molar-refractivity contribution >= 4 is 64.1 Å². The largest absolute Gasteiger partial charge is 0.325 e. The molecule has 1 aliphatic rings. The number of hydrogen-bond acceptors (Lipinski definition) is 4. The Kier molecular flexibility index (Phi) is 5.86. The molecule has 0 spiro atoms. The number of carbonyl (C=O) groups is 3. The molecule has 1 atom stereocenters. The summed E-state index contributed by atoms with van der Waals surface area (Å²) in [7, 11) is 0. The van der Waals surface area contributed by atoms with Crippen molar-refractivity contribution in [3.63, 3.8) is 0 Å². The summed E-state index contributed by atoms with van der Waals surface area (Å²) in [6, 6.07) is 13.5. The molecule has 0 unspecified atom stereocenters. The van der Waals surface area contributed by atoms with E-state index in [0.29, 0.717) is 21.4 Å². The average Bonchev–Trinajstić information content (AvgIpc) is 2.91. The maximum atomic E-state index is 12.5. The summed E-state index contributed by atoms with van der Waals surface area (Å²) in [5.74, 6) is -0.795. The molecule has 1 aliphatic heterocycles. The number of thioether (sulfide) groups is 1. The van der Waals surface area contributed by atoms with Gasteiger partial charge in [0.1, 0.15) is 0 Å². The lowest BCUT2D eigenvalue weighted by molar-refractivity contribution is -0.121. The second-order valence-corrected chi connectivity index (χ2v) is 7.59. The maximum Gasteiger partial charge on any atom is 0.247 e. The SMILES string of the molecule is O=C(CS[C@@H]1CC(=O)N(c2ccccc2)C1=O)Nc1ccc(Cl)c(Cl)c1. The van der Waals surface area contributed by atoms with Crippen LogP contribution in [0.25, 0.3) is 0 Å². The molecule has 0 aliphatic carbocycles. The zero-order valence-corrected chi connectivity index (χ0v) is 15.8. The predicted molar refractivity (Wildman–Crippen MR) is 105 cm³/mol. The Hall–Kier alpha value is -2.02. The Morgan fingerprint density at radius 2 is 1.85 bits per heavy atom. The monoisotopic (exact) mass is 408 g/mol. The number of imide groups is 1. The summed E-state index contributed by atoms with van der Waals surface area (Å²) in [6.45, 7) is 0. The Labute approximate surface area is 164 Å². The molecule has 3 rings (SSSR count). The van der Waals surface area contributed by atoms with E-state index in [4.69, 9.17) is 23.2 Å². The number of hydrogen-bond donors (Lipinski definition) is 1. The molecule has 8 heteroatoms. The van der Waals surface area contributed by atoms with Gasteiger partial charge in [-0.2, -0.15) is 0 Å². The molecular weight excluding hydrogens is 395 g/mol. The van der Waals surface area contributed by atoms with Crippen molar-refractivity contribution in [2.45, 2.75) is 11.7 Å². The lowest BCUT2D eigenvalue weighted by atomic mass is 10.3. The Bertz CT molecular complexity index is 861. The standard InChI is InChI=1S/C18H14Cl2N2O3S/c19-13-7-6-11(8-14(13)20)21-16(23)10-26-15-9-17(24)22(18(15)25)12-4-2-1-3-5-12/h1-8,15H,9-10H2,(H,21,23)/t15-/m1/s1. The fourth-order valence-corrected chi connectivity index (χ4v) is 3.76. The van der Waals surface area contributed by atoms with Gasteiger partial charge in [0.25, 0.3) is 0 Å². The van der Waals surface area contributed by atoms with Crippen molar-refractivity contribution in [2.24, 2.45) is 0 Å². The molecule has 1 heterocycles. The Morgan fingerprint density at radius 1 is 1.12 bits per heavy atom. The number of anilines is 2. The van der Waals surface area contributed by atoms with Gasteiger partial charge in [0.15, 0.2) is 0 Å². The van der Waals surface area contributed by atoms with Gasteiger partial charge in [-0.05, 0) is 30.3 Å². The molecule has 134 valence electrons. The van der Waals surface area contributed by atoms with Gasteiger partial charge in [0.05, 0.1) is 26.7 Å². The highest BCUT2D eigenvalue weighted by atomic mass is 35.5. The van der Waals surface area contributed by atoms with Gasteiger partial charge in [-0.1, -0.05) is 41.4 Å². The van der Waals surface area contributed by atoms with Crippen LogP contribution < -0.4 is 10.2 Å². The molecular formula is C18H14Cl2N2O3S. The third kappa shape index (κ3) is 4.20. The quantitative estimate of drug-likeness (QED) is 0.759. The number of carbonyl (C=O) groups excluding carboxylic acids is 3. The molecule has 26 heavy (non-hydrogen) atoms. The fourth-order valence-electron chi connectivity index (χ4n) is 2.53. The number of amides is 3. The highest BCUT2D eigenvalue weighted by Crippen LogP contribution is 2.30. The van der Waals surface area contributed by atoms with E-state index in [9.17, 15) is 14.4 Å². The molecule has 1 saturated heterocycles. The molecule has 2 aromatic rings. The van der Waals surface area contributed by atoms with Crippen LogP contribution in [-0.2, 0) is 14.4 Å². The zero-order valence-electron chi connectivity index (χ0n) is 13.4. The number of para-hydroxylation sites is 1. The second kappa shape index (κ2) is 8.12. The zero-order chi connectivity index (χ0) is 18.7. The van der Waals surface area contributed by atoms with E-state index in [2.05, 4.69) is 5.32 Å². The number of nitrogens with zero attached hydrogens (tertiary/aromatic N) is 1. The van der Waals surface area contributed by atoms with Crippen LogP contribution in [0.4, 0.5) is 11.4 Å². The van der Waals surface area contributed by atoms with Crippen LogP contribution in [0.1, 0.15) is 6.42 Å². The van der Waals surface area contributed by atoms with E-state index in [-0.39, 0.29) is 29.9 Å². The maximum absolute atomic E-state index is 12.5. The van der Waals surface area contributed by atoms with Crippen LogP contribution in [-0.4, -0.2) is 28.7 Å². The third-order valence-corrected chi connectivity index (χ3v) is 5.68. The molecule has 1 fully saturated rings. The summed E-state index contributed by atoms with van der Waals surface area (Å²) < 4.78 is 0. The predicted octanol–water partition coefficient (Wildman–Crippen LogP) is 4.00. The van der Waals surface area contributed by atoms with Crippen LogP contribution in [0.15, 0.2) is 48.5 Å². The molecule has 0 saturated carbocycles. The van der Waals surface area contributed by atoms with E-state index >= 15 is 0 Å². The van der Waals surface area contributed by atoms with Gasteiger partial charge >= 0.3 is 0 Å². The van der Waals surface area contributed by atoms with Crippen molar-refractivity contribution < 1.29 is 14.4 Å². The molecule has 0 bridgehead atoms. The van der Waals surface area contributed by atoms with E-state index < -0.39 is 5.25 Å². The van der Waals surface area contributed by atoms with Crippen LogP contribution in [0.5, 0.6) is 0 Å². The van der Waals surface area contributed by atoms with Crippen molar-refractivity contribution in [3.8, 4) is 0 Å². The van der Waals surface area contributed by atoms with E-state index in [0.717, 1.165) is 11.8 Å². The molecule has 3 amide bonds. The summed E-state index contributed by atoms with van der Waals surface area (Å²) >= 11 is 12.9. The van der Waals surface area contributed by atoms with Crippen LogP contribution in [0.3, 0.4) is 0 Å². The highest BCUT2D eigenvalue weighted by Gasteiger charge is 2.39. The lowest BCUT2D eigenvalue weighted by Gasteiger charge is -2.14. The van der Waals surface area contributed by atoms with Gasteiger partial charge in [-0.15, -0.1) is 11.8 Å². The first-order chi connectivity index (χ1) is 12.5. The van der Waals surface area contributed by atoms with Gasteiger partial charge in [0, 0.05) is 12.1 Å². The lowest BCUT2D eigenvalue weighted by Crippen LogP contribution is -2.31. The minimum absolute atomic E-state index is 0.0482. The third-order valence-electron chi connectivity index (χ3n) is 3.74. The topological polar surface area (TPSA) is 66.5 Å². The number of nitrogens with one attached hydrogen (secondary N) is 1. The highest BCUT2D eigenvalue weighted by molar-refractivity contribution is 8.01. The molecule has 2 aromatic carbocycles. The fraction of sp³-hybridized carbons (Fsp3) is 0.167. The summed E-state index contributed by atoms with van der Waals surface area (Å²) in [5, 5.41) is 2.86. The normalized spacial score (nSPS) is 16.8. The number of rotatable bonds is 5. The Balaban J connectivity index is 1.58. The van der Waals surface area contributed by atoms with Crippen LogP contribution in [0.2, 0.25) is 10.0 Å². The van der Waals surface area contributed by atoms with E-state index in [1.165, 1.54) is 4.90 Å². The summed E-state index contributed by atoms with van der Waals surface area (Å²) in [6.07, 6.45) is 0.0818. The summed E-state index contributed by atoms with van der Waals surface area (Å²) in [5.41, 5.74) is 1.07. The average molecular weight is 409 g/mol. The molecule has 1 N–H and O–H groups in total. The first-order valence-corrected chi connectivity index (χ1v) is 9.54. The van der Waals surface area contributed by atoms with Gasteiger partial charge in [-0.3, -0.25) is 14.4 Å². The first kappa shape index (κ1) is 18.8. The van der Waals surface area contributed by atoms with Crippen molar-refractivity contribution in [1.82, 2.24) is 0 Å². The minimum atomic E-state index is -0.567. The van der Waals surface area contributed by atoms with Gasteiger partial charge in [0.2, 0.25) is 17.7 Å². The van der Waals surface area contributed by atoms with Crippen molar-refractivity contribution in [1.29, 1.82) is 0 Å².